The minimum atomic E-state index is -4.87. The molecule has 4 nitrogen and oxygen atoms in total. The Kier molecular flexibility index (Phi) is 5.02. The fraction of sp³-hybridized carbons (Fsp3) is 0.133. The van der Waals surface area contributed by atoms with Crippen molar-refractivity contribution in [2.75, 3.05) is 0 Å². The van der Waals surface area contributed by atoms with Crippen molar-refractivity contribution in [3.63, 3.8) is 0 Å². The Labute approximate surface area is 144 Å². The zero-order valence-electron chi connectivity index (χ0n) is 11.6. The third kappa shape index (κ3) is 3.61. The van der Waals surface area contributed by atoms with Crippen LogP contribution < -0.4 is 0 Å². The van der Waals surface area contributed by atoms with Gasteiger partial charge in [0, 0.05) is 22.2 Å². The molecule has 0 saturated heterocycles. The van der Waals surface area contributed by atoms with E-state index in [-0.39, 0.29) is 15.6 Å². The zero-order chi connectivity index (χ0) is 18.1. The highest BCUT2D eigenvalue weighted by atomic mass is 35.5. The average Bonchev–Trinajstić information content (AvgIpc) is 2.49. The van der Waals surface area contributed by atoms with Crippen molar-refractivity contribution in [2.24, 2.45) is 0 Å². The average molecular weight is 375 g/mol. The number of rotatable bonds is 3. The molecule has 0 fully saturated rings. The maximum absolute atomic E-state index is 13.3. The van der Waals surface area contributed by atoms with Gasteiger partial charge in [-0.2, -0.15) is 18.4 Å². The predicted molar refractivity (Wildman–Crippen MR) is 82.0 cm³/mol. The highest BCUT2D eigenvalue weighted by molar-refractivity contribution is 6.35. The molecule has 0 spiro atoms. The summed E-state index contributed by atoms with van der Waals surface area (Å²) in [5.74, 6) is -1.35. The molecule has 0 aromatic heterocycles. The SMILES string of the molecule is N#CC(c1ccc(Cl)cc1Cl)c1ccc([N+](=O)[O-])cc1C(F)(F)F. The molecule has 2 aromatic rings. The van der Waals surface area contributed by atoms with Gasteiger partial charge in [-0.1, -0.05) is 29.3 Å². The lowest BCUT2D eigenvalue weighted by Crippen LogP contribution is -2.13. The Balaban J connectivity index is 2.68. The van der Waals surface area contributed by atoms with Crippen molar-refractivity contribution in [1.29, 1.82) is 5.26 Å². The molecule has 0 amide bonds. The van der Waals surface area contributed by atoms with Crippen LogP contribution in [-0.2, 0) is 6.18 Å². The van der Waals surface area contributed by atoms with Gasteiger partial charge in [-0.3, -0.25) is 10.1 Å². The van der Waals surface area contributed by atoms with Gasteiger partial charge in [0.15, 0.2) is 0 Å². The molecule has 2 aromatic carbocycles. The van der Waals surface area contributed by atoms with E-state index in [1.807, 2.05) is 0 Å². The van der Waals surface area contributed by atoms with E-state index >= 15 is 0 Å². The van der Waals surface area contributed by atoms with Crippen molar-refractivity contribution in [3.8, 4) is 6.07 Å². The van der Waals surface area contributed by atoms with E-state index in [4.69, 9.17) is 23.2 Å². The second-order valence-corrected chi connectivity index (χ2v) is 5.60. The van der Waals surface area contributed by atoms with Gasteiger partial charge in [-0.05, 0) is 29.3 Å². The number of nitro benzene ring substituents is 1. The van der Waals surface area contributed by atoms with Crippen LogP contribution in [0.25, 0.3) is 0 Å². The summed E-state index contributed by atoms with van der Waals surface area (Å²) in [6, 6.07) is 8.05. The Bertz CT molecular complexity index is 848. The third-order valence-electron chi connectivity index (χ3n) is 3.27. The first-order valence-electron chi connectivity index (χ1n) is 6.35. The number of non-ortho nitro benzene ring substituents is 1. The molecule has 0 heterocycles. The van der Waals surface area contributed by atoms with Crippen molar-refractivity contribution in [3.05, 3.63) is 73.2 Å². The summed E-state index contributed by atoms with van der Waals surface area (Å²) in [6.45, 7) is 0. The third-order valence-corrected chi connectivity index (χ3v) is 3.83. The summed E-state index contributed by atoms with van der Waals surface area (Å²) in [6.07, 6.45) is -4.87. The summed E-state index contributed by atoms with van der Waals surface area (Å²) in [4.78, 5) is 9.79. The van der Waals surface area contributed by atoms with Gasteiger partial charge < -0.3 is 0 Å². The number of hydrogen-bond acceptors (Lipinski definition) is 3. The van der Waals surface area contributed by atoms with Gasteiger partial charge in [0.05, 0.1) is 22.5 Å². The van der Waals surface area contributed by atoms with Crippen molar-refractivity contribution >= 4 is 28.9 Å². The minimum absolute atomic E-state index is 0.0283. The topological polar surface area (TPSA) is 66.9 Å². The minimum Gasteiger partial charge on any atom is -0.258 e. The molecule has 1 atom stereocenters. The van der Waals surface area contributed by atoms with E-state index in [9.17, 15) is 28.5 Å². The van der Waals surface area contributed by atoms with Crippen LogP contribution >= 0.6 is 23.2 Å². The van der Waals surface area contributed by atoms with Crippen LogP contribution in [0.3, 0.4) is 0 Å². The molecule has 2 rings (SSSR count). The Morgan fingerprint density at radius 2 is 1.75 bits per heavy atom. The largest absolute Gasteiger partial charge is 0.416 e. The molecule has 0 bridgehead atoms. The number of nitriles is 1. The normalized spacial score (nSPS) is 12.5. The lowest BCUT2D eigenvalue weighted by Gasteiger charge is -2.18. The summed E-state index contributed by atoms with van der Waals surface area (Å²) in [7, 11) is 0. The van der Waals surface area contributed by atoms with Gasteiger partial charge in [0.25, 0.3) is 5.69 Å². The van der Waals surface area contributed by atoms with Crippen molar-refractivity contribution < 1.29 is 18.1 Å². The standard InChI is InChI=1S/C15H7Cl2F3N2O2/c16-8-1-3-11(14(17)5-8)12(7-21)10-4-2-9(22(23)24)6-13(10)15(18,19)20/h1-6,12H. The highest BCUT2D eigenvalue weighted by Gasteiger charge is 2.37. The monoisotopic (exact) mass is 374 g/mol. The van der Waals surface area contributed by atoms with Gasteiger partial charge >= 0.3 is 6.18 Å². The lowest BCUT2D eigenvalue weighted by molar-refractivity contribution is -0.385. The highest BCUT2D eigenvalue weighted by Crippen LogP contribution is 2.40. The van der Waals surface area contributed by atoms with Crippen molar-refractivity contribution in [2.45, 2.75) is 12.1 Å². The van der Waals surface area contributed by atoms with Crippen LogP contribution in [0.5, 0.6) is 0 Å². The Hall–Kier alpha value is -2.30. The molecular weight excluding hydrogens is 368 g/mol. The summed E-state index contributed by atoms with van der Waals surface area (Å²) in [5.41, 5.74) is -2.26. The maximum atomic E-state index is 13.3. The number of hydrogen-bond donors (Lipinski definition) is 0. The molecule has 0 radical (unpaired) electrons. The number of nitro groups is 1. The number of nitrogens with zero attached hydrogens (tertiary/aromatic N) is 2. The smallest absolute Gasteiger partial charge is 0.258 e. The van der Waals surface area contributed by atoms with Crippen LogP contribution in [0.2, 0.25) is 10.0 Å². The van der Waals surface area contributed by atoms with Crippen LogP contribution in [0.4, 0.5) is 18.9 Å². The van der Waals surface area contributed by atoms with E-state index in [2.05, 4.69) is 0 Å². The fourth-order valence-electron chi connectivity index (χ4n) is 2.20. The molecular formula is C15H7Cl2F3N2O2. The molecule has 1 unspecified atom stereocenters. The van der Waals surface area contributed by atoms with E-state index in [0.717, 1.165) is 12.1 Å². The molecule has 0 saturated carbocycles. The molecule has 9 heteroatoms. The quantitative estimate of drug-likeness (QED) is 0.520. The number of benzene rings is 2. The fourth-order valence-corrected chi connectivity index (χ4v) is 2.71. The first-order valence-corrected chi connectivity index (χ1v) is 7.11. The molecule has 0 aliphatic carbocycles. The summed E-state index contributed by atoms with van der Waals surface area (Å²) >= 11 is 11.7. The first kappa shape index (κ1) is 18.0. The molecule has 124 valence electrons. The van der Waals surface area contributed by atoms with Crippen LogP contribution in [0, 0.1) is 21.4 Å². The Morgan fingerprint density at radius 1 is 1.12 bits per heavy atom. The second-order valence-electron chi connectivity index (χ2n) is 4.75. The zero-order valence-corrected chi connectivity index (χ0v) is 13.2. The van der Waals surface area contributed by atoms with Crippen LogP contribution in [0.1, 0.15) is 22.6 Å². The van der Waals surface area contributed by atoms with E-state index in [1.54, 1.807) is 6.07 Å². The second kappa shape index (κ2) is 6.67. The molecule has 0 N–H and O–H groups in total. The summed E-state index contributed by atoms with van der Waals surface area (Å²) in [5, 5.41) is 20.4. The summed E-state index contributed by atoms with van der Waals surface area (Å²) < 4.78 is 39.8. The molecule has 0 aliphatic heterocycles. The van der Waals surface area contributed by atoms with E-state index < -0.39 is 33.8 Å². The molecule has 0 aliphatic rings. The molecule has 24 heavy (non-hydrogen) atoms. The van der Waals surface area contributed by atoms with Gasteiger partial charge in [-0.15, -0.1) is 0 Å². The number of halogens is 5. The van der Waals surface area contributed by atoms with Crippen LogP contribution in [-0.4, -0.2) is 4.92 Å². The van der Waals surface area contributed by atoms with E-state index in [0.29, 0.717) is 6.07 Å². The predicted octanol–water partition coefficient (Wildman–Crippen LogP) is 5.58. The lowest BCUT2D eigenvalue weighted by atomic mass is 9.88. The van der Waals surface area contributed by atoms with Gasteiger partial charge in [0.2, 0.25) is 0 Å². The van der Waals surface area contributed by atoms with Crippen LogP contribution in [0.15, 0.2) is 36.4 Å². The van der Waals surface area contributed by atoms with E-state index in [1.165, 1.54) is 18.2 Å². The number of alkyl halides is 3. The van der Waals surface area contributed by atoms with Gasteiger partial charge in [0.1, 0.15) is 0 Å². The maximum Gasteiger partial charge on any atom is 0.416 e. The first-order chi connectivity index (χ1) is 11.1. The Morgan fingerprint density at radius 3 is 2.25 bits per heavy atom. The van der Waals surface area contributed by atoms with Crippen molar-refractivity contribution in [1.82, 2.24) is 0 Å². The van der Waals surface area contributed by atoms with Gasteiger partial charge in [-0.25, -0.2) is 0 Å².